The number of aromatic nitrogens is 3. The van der Waals surface area contributed by atoms with Crippen molar-refractivity contribution in [3.8, 4) is 0 Å². The Kier molecular flexibility index (Phi) is 4.71. The first-order valence-electron chi connectivity index (χ1n) is 9.01. The monoisotopic (exact) mass is 344 g/mol. The summed E-state index contributed by atoms with van der Waals surface area (Å²) in [5, 5.41) is 7.11. The van der Waals surface area contributed by atoms with Gasteiger partial charge in [0.25, 0.3) is 0 Å². The molecule has 1 aliphatic rings. The zero-order chi connectivity index (χ0) is 18.2. The third-order valence-corrected chi connectivity index (χ3v) is 4.91. The van der Waals surface area contributed by atoms with Crippen molar-refractivity contribution in [1.29, 1.82) is 0 Å². The van der Waals surface area contributed by atoms with Gasteiger partial charge in [-0.1, -0.05) is 25.9 Å². The van der Waals surface area contributed by atoms with Gasteiger partial charge in [-0.2, -0.15) is 0 Å². The van der Waals surface area contributed by atoms with Crippen LogP contribution in [0.2, 0.25) is 0 Å². The predicted octanol–water partition coefficient (Wildman–Crippen LogP) is 2.85. The van der Waals surface area contributed by atoms with Crippen LogP contribution in [0, 0.1) is 13.8 Å². The van der Waals surface area contributed by atoms with Crippen LogP contribution in [-0.4, -0.2) is 26.7 Å². The van der Waals surface area contributed by atoms with Gasteiger partial charge in [0.1, 0.15) is 11.6 Å². The number of rotatable bonds is 4. The SMILES string of the molecule is Cc1noc(C)c1CCC(=O)N[C@H]1CCc2nc(C(C)(C)C)cn2C1. The molecule has 1 atom stereocenters. The molecule has 0 fully saturated rings. The highest BCUT2D eigenvalue weighted by Crippen LogP contribution is 2.24. The number of fused-ring (bicyclic) bond motifs is 1. The Morgan fingerprint density at radius 3 is 2.80 bits per heavy atom. The number of nitrogens with zero attached hydrogens (tertiary/aromatic N) is 3. The van der Waals surface area contributed by atoms with Crippen LogP contribution in [0.25, 0.3) is 0 Å². The molecule has 0 bridgehead atoms. The molecule has 25 heavy (non-hydrogen) atoms. The van der Waals surface area contributed by atoms with Crippen LogP contribution < -0.4 is 5.32 Å². The Labute approximate surface area is 149 Å². The molecule has 6 nitrogen and oxygen atoms in total. The van der Waals surface area contributed by atoms with Crippen LogP contribution in [0.15, 0.2) is 10.7 Å². The fourth-order valence-corrected chi connectivity index (χ4v) is 3.32. The molecule has 0 spiro atoms. The van der Waals surface area contributed by atoms with E-state index in [0.29, 0.717) is 12.8 Å². The summed E-state index contributed by atoms with van der Waals surface area (Å²) in [5.74, 6) is 2.02. The van der Waals surface area contributed by atoms with Crippen molar-refractivity contribution < 1.29 is 9.32 Å². The lowest BCUT2D eigenvalue weighted by Gasteiger charge is -2.24. The summed E-state index contributed by atoms with van der Waals surface area (Å²) in [6.45, 7) is 11.1. The Hall–Kier alpha value is -2.11. The molecule has 0 saturated heterocycles. The summed E-state index contributed by atoms with van der Waals surface area (Å²) in [4.78, 5) is 17.1. The standard InChI is InChI=1S/C19H28N4O2/c1-12-15(13(2)25-22-12)7-9-18(24)20-14-6-8-17-21-16(19(3,4)5)11-23(17)10-14/h11,14H,6-10H2,1-5H3,(H,20,24)/t14-/m0/s1. The molecule has 1 amide bonds. The molecule has 0 unspecified atom stereocenters. The van der Waals surface area contributed by atoms with Gasteiger partial charge < -0.3 is 14.4 Å². The van der Waals surface area contributed by atoms with Crippen molar-refractivity contribution in [3.63, 3.8) is 0 Å². The maximum Gasteiger partial charge on any atom is 0.220 e. The molecule has 3 rings (SSSR count). The Morgan fingerprint density at radius 1 is 1.40 bits per heavy atom. The van der Waals surface area contributed by atoms with E-state index in [1.165, 1.54) is 0 Å². The van der Waals surface area contributed by atoms with Gasteiger partial charge in [-0.25, -0.2) is 4.98 Å². The lowest BCUT2D eigenvalue weighted by Crippen LogP contribution is -2.41. The lowest BCUT2D eigenvalue weighted by atomic mass is 9.93. The summed E-state index contributed by atoms with van der Waals surface area (Å²) in [6.07, 6.45) is 5.12. The summed E-state index contributed by atoms with van der Waals surface area (Å²) >= 11 is 0. The molecule has 1 aliphatic heterocycles. The van der Waals surface area contributed by atoms with E-state index in [-0.39, 0.29) is 17.4 Å². The maximum absolute atomic E-state index is 12.3. The van der Waals surface area contributed by atoms with Gasteiger partial charge in [0.05, 0.1) is 11.4 Å². The van der Waals surface area contributed by atoms with Crippen molar-refractivity contribution in [2.24, 2.45) is 0 Å². The van der Waals surface area contributed by atoms with E-state index in [0.717, 1.165) is 47.9 Å². The van der Waals surface area contributed by atoms with Gasteiger partial charge in [-0.15, -0.1) is 0 Å². The molecule has 0 aliphatic carbocycles. The Morgan fingerprint density at radius 2 is 2.16 bits per heavy atom. The first kappa shape index (κ1) is 17.7. The first-order chi connectivity index (χ1) is 11.7. The van der Waals surface area contributed by atoms with Gasteiger partial charge in [-0.3, -0.25) is 4.79 Å². The van der Waals surface area contributed by atoms with Crippen molar-refractivity contribution in [2.75, 3.05) is 0 Å². The third kappa shape index (κ3) is 3.94. The highest BCUT2D eigenvalue weighted by molar-refractivity contribution is 5.76. The second-order valence-corrected chi connectivity index (χ2v) is 8.05. The van der Waals surface area contributed by atoms with Crippen LogP contribution in [0.1, 0.15) is 62.1 Å². The molecule has 136 valence electrons. The number of nitrogens with one attached hydrogen (secondary N) is 1. The van der Waals surface area contributed by atoms with Crippen molar-refractivity contribution in [2.45, 2.75) is 78.3 Å². The van der Waals surface area contributed by atoms with Gasteiger partial charge >= 0.3 is 0 Å². The topological polar surface area (TPSA) is 73.0 Å². The maximum atomic E-state index is 12.3. The normalized spacial score (nSPS) is 17.4. The van der Waals surface area contributed by atoms with E-state index in [4.69, 9.17) is 9.51 Å². The van der Waals surface area contributed by atoms with Crippen molar-refractivity contribution in [1.82, 2.24) is 20.0 Å². The van der Waals surface area contributed by atoms with Crippen LogP contribution in [0.3, 0.4) is 0 Å². The van der Waals surface area contributed by atoms with E-state index < -0.39 is 0 Å². The summed E-state index contributed by atoms with van der Waals surface area (Å²) in [5.41, 5.74) is 3.09. The lowest BCUT2D eigenvalue weighted by molar-refractivity contribution is -0.122. The fourth-order valence-electron chi connectivity index (χ4n) is 3.32. The minimum atomic E-state index is 0.0530. The molecular formula is C19H28N4O2. The molecule has 0 radical (unpaired) electrons. The summed E-state index contributed by atoms with van der Waals surface area (Å²) in [6, 6.07) is 0.173. The summed E-state index contributed by atoms with van der Waals surface area (Å²) in [7, 11) is 0. The second-order valence-electron chi connectivity index (χ2n) is 8.05. The smallest absolute Gasteiger partial charge is 0.220 e. The molecule has 2 aromatic rings. The molecule has 1 N–H and O–H groups in total. The second kappa shape index (κ2) is 6.65. The number of hydrogen-bond acceptors (Lipinski definition) is 4. The van der Waals surface area contributed by atoms with Crippen molar-refractivity contribution >= 4 is 5.91 Å². The number of carbonyl (C=O) groups excluding carboxylic acids is 1. The molecule has 6 heteroatoms. The highest BCUT2D eigenvalue weighted by atomic mass is 16.5. The molecule has 0 saturated carbocycles. The molecule has 0 aromatic carbocycles. The van der Waals surface area contributed by atoms with Crippen LogP contribution in [-0.2, 0) is 29.6 Å². The third-order valence-electron chi connectivity index (χ3n) is 4.91. The minimum absolute atomic E-state index is 0.0530. The Bertz CT molecular complexity index is 747. The van der Waals surface area contributed by atoms with Gasteiger partial charge in [-0.05, 0) is 26.7 Å². The average Bonchev–Trinajstić information content (AvgIpc) is 3.09. The van der Waals surface area contributed by atoms with E-state index >= 15 is 0 Å². The zero-order valence-electron chi connectivity index (χ0n) is 15.8. The fraction of sp³-hybridized carbons (Fsp3) is 0.632. The van der Waals surface area contributed by atoms with Crippen LogP contribution in [0.5, 0.6) is 0 Å². The molecule has 2 aromatic heterocycles. The van der Waals surface area contributed by atoms with Crippen LogP contribution >= 0.6 is 0 Å². The largest absolute Gasteiger partial charge is 0.361 e. The van der Waals surface area contributed by atoms with E-state index in [2.05, 4.69) is 42.0 Å². The van der Waals surface area contributed by atoms with E-state index in [1.54, 1.807) is 0 Å². The number of carbonyl (C=O) groups is 1. The van der Waals surface area contributed by atoms with Crippen LogP contribution in [0.4, 0.5) is 0 Å². The first-order valence-corrected chi connectivity index (χ1v) is 9.01. The average molecular weight is 344 g/mol. The highest BCUT2D eigenvalue weighted by Gasteiger charge is 2.25. The van der Waals surface area contributed by atoms with Gasteiger partial charge in [0.15, 0.2) is 0 Å². The molecule has 3 heterocycles. The van der Waals surface area contributed by atoms with E-state index in [1.807, 2.05) is 13.8 Å². The quantitative estimate of drug-likeness (QED) is 0.925. The number of amides is 1. The zero-order valence-corrected chi connectivity index (χ0v) is 15.8. The van der Waals surface area contributed by atoms with Gasteiger partial charge in [0.2, 0.25) is 5.91 Å². The Balaban J connectivity index is 1.56. The molecular weight excluding hydrogens is 316 g/mol. The summed E-state index contributed by atoms with van der Waals surface area (Å²) < 4.78 is 7.35. The number of imidazole rings is 1. The van der Waals surface area contributed by atoms with Crippen molar-refractivity contribution in [3.05, 3.63) is 34.7 Å². The van der Waals surface area contributed by atoms with E-state index in [9.17, 15) is 4.79 Å². The predicted molar refractivity (Wildman–Crippen MR) is 95.5 cm³/mol. The number of hydrogen-bond donors (Lipinski definition) is 1. The minimum Gasteiger partial charge on any atom is -0.361 e. The number of aryl methyl sites for hydroxylation is 3. The van der Waals surface area contributed by atoms with Gasteiger partial charge in [0, 0.05) is 42.6 Å².